The number of hydrogen-bond donors (Lipinski definition) is 3. The monoisotopic (exact) mass is 469 g/mol. The molecule has 0 bridgehead atoms. The van der Waals surface area contributed by atoms with Crippen LogP contribution in [0.4, 0.5) is 5.69 Å². The molecule has 10 nitrogen and oxygen atoms in total. The van der Waals surface area contributed by atoms with Gasteiger partial charge in [0.15, 0.2) is 0 Å². The van der Waals surface area contributed by atoms with Crippen LogP contribution >= 0.6 is 0 Å². The molecule has 168 valence electrons. The van der Waals surface area contributed by atoms with E-state index in [-0.39, 0.29) is 59.6 Å². The Hall–Kier alpha value is -2.51. The van der Waals surface area contributed by atoms with E-state index in [2.05, 4.69) is 10.0 Å². The number of benzene rings is 2. The number of nitrogens with zero attached hydrogens (tertiary/aromatic N) is 1. The van der Waals surface area contributed by atoms with Gasteiger partial charge in [0.1, 0.15) is 5.75 Å². The smallest absolute Gasteiger partial charge is 0.259 e. The van der Waals surface area contributed by atoms with E-state index in [1.54, 1.807) is 6.92 Å². The molecule has 1 aliphatic heterocycles. The molecule has 1 saturated heterocycles. The number of aromatic hydroxyl groups is 1. The average Bonchev–Trinajstić information content (AvgIpc) is 2.75. The van der Waals surface area contributed by atoms with Gasteiger partial charge in [-0.15, -0.1) is 0 Å². The molecule has 0 atom stereocenters. The highest BCUT2D eigenvalue weighted by Crippen LogP contribution is 2.25. The second kappa shape index (κ2) is 9.32. The van der Waals surface area contributed by atoms with Crippen LogP contribution < -0.4 is 10.0 Å². The van der Waals surface area contributed by atoms with E-state index >= 15 is 0 Å². The van der Waals surface area contributed by atoms with Crippen molar-refractivity contribution in [3.8, 4) is 5.75 Å². The number of carbonyl (C=O) groups excluding carboxylic acids is 1. The third-order valence-electron chi connectivity index (χ3n) is 4.58. The van der Waals surface area contributed by atoms with Crippen LogP contribution in [0.25, 0.3) is 0 Å². The molecule has 0 aliphatic carbocycles. The number of phenols is 1. The zero-order chi connectivity index (χ0) is 22.6. The number of carbonyl (C=O) groups is 1. The van der Waals surface area contributed by atoms with Gasteiger partial charge in [-0.2, -0.15) is 4.31 Å². The number of morpholine rings is 1. The standard InChI is InChI=1S/C19H23N3O7S2/c1-2-20-30(25,26)15-5-3-14(4-6-15)21-19(24)17-13-16(7-8-18(17)23)31(27,28)22-9-11-29-12-10-22/h3-8,13,20,23H,2,9-12H2,1H3,(H,21,24). The third-order valence-corrected chi connectivity index (χ3v) is 8.03. The zero-order valence-corrected chi connectivity index (χ0v) is 18.4. The number of amides is 1. The van der Waals surface area contributed by atoms with Crippen LogP contribution in [0, 0.1) is 0 Å². The lowest BCUT2D eigenvalue weighted by Crippen LogP contribution is -2.40. The molecule has 1 amide bonds. The number of ether oxygens (including phenoxy) is 1. The van der Waals surface area contributed by atoms with E-state index < -0.39 is 26.0 Å². The minimum atomic E-state index is -3.85. The molecule has 0 saturated carbocycles. The lowest BCUT2D eigenvalue weighted by molar-refractivity contribution is 0.0730. The summed E-state index contributed by atoms with van der Waals surface area (Å²) in [6.07, 6.45) is 0. The first-order valence-corrected chi connectivity index (χ1v) is 12.4. The first-order valence-electron chi connectivity index (χ1n) is 9.47. The van der Waals surface area contributed by atoms with Gasteiger partial charge in [0.05, 0.1) is 28.6 Å². The Kier molecular flexibility index (Phi) is 6.96. The quantitative estimate of drug-likeness (QED) is 0.548. The first-order chi connectivity index (χ1) is 14.6. The van der Waals surface area contributed by atoms with Gasteiger partial charge < -0.3 is 15.2 Å². The molecule has 1 heterocycles. The van der Waals surface area contributed by atoms with Gasteiger partial charge in [0, 0.05) is 25.3 Å². The van der Waals surface area contributed by atoms with Crippen LogP contribution in [0.15, 0.2) is 52.3 Å². The lowest BCUT2D eigenvalue weighted by Gasteiger charge is -2.26. The highest BCUT2D eigenvalue weighted by molar-refractivity contribution is 7.89. The molecule has 3 N–H and O–H groups in total. The zero-order valence-electron chi connectivity index (χ0n) is 16.7. The summed E-state index contributed by atoms with van der Waals surface area (Å²) in [5, 5.41) is 12.6. The summed E-state index contributed by atoms with van der Waals surface area (Å²) in [5.74, 6) is -1.12. The molecule has 3 rings (SSSR count). The highest BCUT2D eigenvalue weighted by atomic mass is 32.2. The molecule has 12 heteroatoms. The van der Waals surface area contributed by atoms with Crippen molar-refractivity contribution in [1.29, 1.82) is 0 Å². The number of rotatable bonds is 7. The molecule has 2 aromatic rings. The molecule has 0 radical (unpaired) electrons. The maximum absolute atomic E-state index is 12.8. The van der Waals surface area contributed by atoms with Gasteiger partial charge in [-0.25, -0.2) is 21.6 Å². The Balaban J connectivity index is 1.81. The summed E-state index contributed by atoms with van der Waals surface area (Å²) in [7, 11) is -7.48. The van der Waals surface area contributed by atoms with Crippen molar-refractivity contribution in [3.63, 3.8) is 0 Å². The van der Waals surface area contributed by atoms with Crippen molar-refractivity contribution >= 4 is 31.6 Å². The average molecular weight is 470 g/mol. The molecule has 0 aromatic heterocycles. The van der Waals surface area contributed by atoms with Gasteiger partial charge in [-0.1, -0.05) is 6.92 Å². The number of nitrogens with one attached hydrogen (secondary N) is 2. The number of hydrogen-bond acceptors (Lipinski definition) is 7. The largest absolute Gasteiger partial charge is 0.507 e. The predicted molar refractivity (Wildman–Crippen MR) is 113 cm³/mol. The van der Waals surface area contributed by atoms with Gasteiger partial charge in [-0.3, -0.25) is 4.79 Å². The van der Waals surface area contributed by atoms with Gasteiger partial charge in [0.2, 0.25) is 20.0 Å². The van der Waals surface area contributed by atoms with Crippen LogP contribution in [0.5, 0.6) is 5.75 Å². The van der Waals surface area contributed by atoms with Crippen molar-refractivity contribution in [1.82, 2.24) is 9.03 Å². The van der Waals surface area contributed by atoms with Crippen LogP contribution in [0.1, 0.15) is 17.3 Å². The molecule has 0 unspecified atom stereocenters. The summed E-state index contributed by atoms with van der Waals surface area (Å²) in [6.45, 7) is 2.86. The fourth-order valence-electron chi connectivity index (χ4n) is 2.98. The molecule has 2 aromatic carbocycles. The van der Waals surface area contributed by atoms with E-state index in [0.29, 0.717) is 0 Å². The van der Waals surface area contributed by atoms with Crippen LogP contribution in [0.3, 0.4) is 0 Å². The van der Waals surface area contributed by atoms with Crippen LogP contribution in [-0.4, -0.2) is 65.0 Å². The maximum atomic E-state index is 12.8. The van der Waals surface area contributed by atoms with Crippen molar-refractivity contribution in [2.75, 3.05) is 38.2 Å². The van der Waals surface area contributed by atoms with Gasteiger partial charge >= 0.3 is 0 Å². The number of phenolic OH excluding ortho intramolecular Hbond substituents is 1. The minimum Gasteiger partial charge on any atom is -0.507 e. The van der Waals surface area contributed by atoms with Crippen molar-refractivity contribution in [2.24, 2.45) is 0 Å². The summed E-state index contributed by atoms with van der Waals surface area (Å²) in [6, 6.07) is 8.94. The summed E-state index contributed by atoms with van der Waals surface area (Å²) in [5.41, 5.74) is 0.0555. The van der Waals surface area contributed by atoms with Crippen molar-refractivity contribution < 1.29 is 31.5 Å². The molecular formula is C19H23N3O7S2. The van der Waals surface area contributed by atoms with Gasteiger partial charge in [-0.05, 0) is 42.5 Å². The van der Waals surface area contributed by atoms with Crippen molar-refractivity contribution in [3.05, 3.63) is 48.0 Å². The van der Waals surface area contributed by atoms with Gasteiger partial charge in [0.25, 0.3) is 5.91 Å². The topological polar surface area (TPSA) is 142 Å². The first kappa shape index (κ1) is 23.2. The molecule has 31 heavy (non-hydrogen) atoms. The van der Waals surface area contributed by atoms with Crippen molar-refractivity contribution in [2.45, 2.75) is 16.7 Å². The summed E-state index contributed by atoms with van der Waals surface area (Å²) < 4.78 is 58.4. The Bertz CT molecular complexity index is 1160. The maximum Gasteiger partial charge on any atom is 0.259 e. The Labute approximate surface area is 180 Å². The predicted octanol–water partition coefficient (Wildman–Crippen LogP) is 0.964. The van der Waals surface area contributed by atoms with E-state index in [1.165, 1.54) is 34.6 Å². The molecule has 0 spiro atoms. The second-order valence-electron chi connectivity index (χ2n) is 6.68. The summed E-state index contributed by atoms with van der Waals surface area (Å²) in [4.78, 5) is 12.6. The number of sulfonamides is 2. The molecule has 1 aliphatic rings. The SMILES string of the molecule is CCNS(=O)(=O)c1ccc(NC(=O)c2cc(S(=O)(=O)N3CCOCC3)ccc2O)cc1. The van der Waals surface area contributed by atoms with Crippen LogP contribution in [0.2, 0.25) is 0 Å². The third kappa shape index (κ3) is 5.22. The van der Waals surface area contributed by atoms with E-state index in [0.717, 1.165) is 12.1 Å². The Morgan fingerprint density at radius 2 is 1.65 bits per heavy atom. The highest BCUT2D eigenvalue weighted by Gasteiger charge is 2.28. The lowest BCUT2D eigenvalue weighted by atomic mass is 10.2. The van der Waals surface area contributed by atoms with E-state index in [1.807, 2.05) is 0 Å². The summed E-state index contributed by atoms with van der Waals surface area (Å²) >= 11 is 0. The minimum absolute atomic E-state index is 0.0359. The fraction of sp³-hybridized carbons (Fsp3) is 0.316. The number of anilines is 1. The Morgan fingerprint density at radius 3 is 2.26 bits per heavy atom. The van der Waals surface area contributed by atoms with E-state index in [9.17, 15) is 26.7 Å². The normalized spacial score (nSPS) is 15.5. The fourth-order valence-corrected chi connectivity index (χ4v) is 5.46. The van der Waals surface area contributed by atoms with E-state index in [4.69, 9.17) is 4.74 Å². The second-order valence-corrected chi connectivity index (χ2v) is 10.4. The van der Waals surface area contributed by atoms with Crippen LogP contribution in [-0.2, 0) is 24.8 Å². The molecule has 1 fully saturated rings. The Morgan fingerprint density at radius 1 is 1.03 bits per heavy atom. The molecular weight excluding hydrogens is 446 g/mol.